The summed E-state index contributed by atoms with van der Waals surface area (Å²) in [6.45, 7) is 7.46. The molecule has 0 bridgehead atoms. The zero-order valence-electron chi connectivity index (χ0n) is 9.63. The molecule has 0 amide bonds. The molecular weight excluding hydrogens is 208 g/mol. The molecule has 3 heteroatoms. The minimum absolute atomic E-state index is 0.267. The normalized spacial score (nSPS) is 13.1. The largest absolute Gasteiger partial charge is 0.309 e. The first-order chi connectivity index (χ1) is 7.15. The van der Waals surface area contributed by atoms with Gasteiger partial charge < -0.3 is 5.32 Å². The summed E-state index contributed by atoms with van der Waals surface area (Å²) in [5.74, 6) is 0.632. The summed E-state index contributed by atoms with van der Waals surface area (Å²) < 4.78 is 0. The third-order valence-electron chi connectivity index (χ3n) is 2.27. The second kappa shape index (κ2) is 6.09. The molecule has 1 atom stereocenters. The molecule has 1 N–H and O–H groups in total. The monoisotopic (exact) mass is 226 g/mol. The van der Waals surface area contributed by atoms with Gasteiger partial charge in [-0.05, 0) is 31.0 Å². The van der Waals surface area contributed by atoms with Crippen LogP contribution in [-0.4, -0.2) is 11.5 Å². The van der Waals surface area contributed by atoms with E-state index in [1.54, 1.807) is 6.20 Å². The standard InChI is InChI=1S/C12H19ClN2/c1-4-14-11(8-9(2)3)12-10(13)6-5-7-15-12/h5-7,9,11,14H,4,8H2,1-3H3. The molecule has 84 valence electrons. The lowest BCUT2D eigenvalue weighted by molar-refractivity contribution is 0.431. The van der Waals surface area contributed by atoms with Crippen LogP contribution >= 0.6 is 11.6 Å². The minimum Gasteiger partial charge on any atom is -0.309 e. The Morgan fingerprint density at radius 3 is 2.73 bits per heavy atom. The Kier molecular flexibility index (Phi) is 5.06. The molecule has 0 aliphatic heterocycles. The van der Waals surface area contributed by atoms with Gasteiger partial charge in [-0.2, -0.15) is 0 Å². The SMILES string of the molecule is CCNC(CC(C)C)c1ncccc1Cl. The molecule has 0 spiro atoms. The maximum atomic E-state index is 6.14. The first kappa shape index (κ1) is 12.5. The molecule has 1 aromatic rings. The first-order valence-corrected chi connectivity index (χ1v) is 5.86. The van der Waals surface area contributed by atoms with Gasteiger partial charge in [0.25, 0.3) is 0 Å². The van der Waals surface area contributed by atoms with Gasteiger partial charge in [-0.1, -0.05) is 32.4 Å². The molecule has 0 saturated heterocycles. The van der Waals surface area contributed by atoms with E-state index in [2.05, 4.69) is 31.1 Å². The second-order valence-electron chi connectivity index (χ2n) is 4.11. The van der Waals surface area contributed by atoms with Crippen molar-refractivity contribution in [2.45, 2.75) is 33.2 Å². The van der Waals surface area contributed by atoms with Crippen LogP contribution in [0.4, 0.5) is 0 Å². The van der Waals surface area contributed by atoms with Crippen LogP contribution in [-0.2, 0) is 0 Å². The van der Waals surface area contributed by atoms with Gasteiger partial charge >= 0.3 is 0 Å². The highest BCUT2D eigenvalue weighted by Gasteiger charge is 2.15. The first-order valence-electron chi connectivity index (χ1n) is 5.49. The number of halogens is 1. The Bertz CT molecular complexity index is 299. The third kappa shape index (κ3) is 3.80. The lowest BCUT2D eigenvalue weighted by Crippen LogP contribution is -2.23. The van der Waals surface area contributed by atoms with E-state index in [0.717, 1.165) is 23.7 Å². The Hall–Kier alpha value is -0.600. The van der Waals surface area contributed by atoms with E-state index < -0.39 is 0 Å². The zero-order valence-corrected chi connectivity index (χ0v) is 10.4. The number of nitrogens with one attached hydrogen (secondary N) is 1. The van der Waals surface area contributed by atoms with Gasteiger partial charge in [-0.25, -0.2) is 0 Å². The van der Waals surface area contributed by atoms with Gasteiger partial charge in [0.15, 0.2) is 0 Å². The van der Waals surface area contributed by atoms with Crippen molar-refractivity contribution in [2.75, 3.05) is 6.54 Å². The van der Waals surface area contributed by atoms with Crippen molar-refractivity contribution in [3.8, 4) is 0 Å². The number of aromatic nitrogens is 1. The van der Waals surface area contributed by atoms with Crippen molar-refractivity contribution in [3.63, 3.8) is 0 Å². The summed E-state index contributed by atoms with van der Waals surface area (Å²) >= 11 is 6.14. The molecule has 1 aromatic heterocycles. The molecule has 2 nitrogen and oxygen atoms in total. The zero-order chi connectivity index (χ0) is 11.3. The summed E-state index contributed by atoms with van der Waals surface area (Å²) in [6.07, 6.45) is 2.86. The van der Waals surface area contributed by atoms with E-state index in [-0.39, 0.29) is 6.04 Å². The maximum Gasteiger partial charge on any atom is 0.0759 e. The highest BCUT2D eigenvalue weighted by molar-refractivity contribution is 6.31. The van der Waals surface area contributed by atoms with E-state index in [0.29, 0.717) is 5.92 Å². The van der Waals surface area contributed by atoms with Crippen LogP contribution < -0.4 is 5.32 Å². The predicted octanol–water partition coefficient (Wildman–Crippen LogP) is 3.43. The summed E-state index contributed by atoms with van der Waals surface area (Å²) in [5, 5.41) is 4.18. The molecule has 15 heavy (non-hydrogen) atoms. The minimum atomic E-state index is 0.267. The Morgan fingerprint density at radius 2 is 2.20 bits per heavy atom. The number of hydrogen-bond donors (Lipinski definition) is 1. The lowest BCUT2D eigenvalue weighted by atomic mass is 10.0. The second-order valence-corrected chi connectivity index (χ2v) is 4.52. The van der Waals surface area contributed by atoms with Gasteiger partial charge in [0.2, 0.25) is 0 Å². The Labute approximate surface area is 97.1 Å². The molecule has 0 aromatic carbocycles. The number of nitrogens with zero attached hydrogens (tertiary/aromatic N) is 1. The van der Waals surface area contributed by atoms with E-state index in [9.17, 15) is 0 Å². The molecule has 0 saturated carbocycles. The molecule has 0 radical (unpaired) electrons. The fourth-order valence-corrected chi connectivity index (χ4v) is 1.92. The van der Waals surface area contributed by atoms with Gasteiger partial charge in [0.05, 0.1) is 16.8 Å². The van der Waals surface area contributed by atoms with Crippen LogP contribution in [0.25, 0.3) is 0 Å². The average Bonchev–Trinajstić information content (AvgIpc) is 2.17. The summed E-state index contributed by atoms with van der Waals surface area (Å²) in [7, 11) is 0. The van der Waals surface area contributed by atoms with E-state index in [4.69, 9.17) is 11.6 Å². The average molecular weight is 227 g/mol. The summed E-state index contributed by atoms with van der Waals surface area (Å²) in [4.78, 5) is 4.36. The van der Waals surface area contributed by atoms with Crippen LogP contribution in [0.3, 0.4) is 0 Å². The van der Waals surface area contributed by atoms with E-state index in [1.807, 2.05) is 12.1 Å². The fourth-order valence-electron chi connectivity index (χ4n) is 1.66. The quantitative estimate of drug-likeness (QED) is 0.832. The topological polar surface area (TPSA) is 24.9 Å². The molecule has 0 fully saturated rings. The number of pyridine rings is 1. The molecule has 1 unspecified atom stereocenters. The van der Waals surface area contributed by atoms with Crippen molar-refractivity contribution in [2.24, 2.45) is 5.92 Å². The van der Waals surface area contributed by atoms with Crippen molar-refractivity contribution in [1.82, 2.24) is 10.3 Å². The van der Waals surface area contributed by atoms with E-state index >= 15 is 0 Å². The van der Waals surface area contributed by atoms with Crippen molar-refractivity contribution in [3.05, 3.63) is 29.0 Å². The van der Waals surface area contributed by atoms with Gasteiger partial charge in [-0.3, -0.25) is 4.98 Å². The highest BCUT2D eigenvalue weighted by Crippen LogP contribution is 2.25. The van der Waals surface area contributed by atoms with Crippen LogP contribution in [0.1, 0.15) is 38.9 Å². The summed E-state index contributed by atoms with van der Waals surface area (Å²) in [5.41, 5.74) is 0.967. The van der Waals surface area contributed by atoms with Crippen LogP contribution in [0.15, 0.2) is 18.3 Å². The van der Waals surface area contributed by atoms with Crippen LogP contribution in [0.2, 0.25) is 5.02 Å². The lowest BCUT2D eigenvalue weighted by Gasteiger charge is -2.20. The number of rotatable bonds is 5. The van der Waals surface area contributed by atoms with E-state index in [1.165, 1.54) is 0 Å². The molecule has 0 aliphatic carbocycles. The highest BCUT2D eigenvalue weighted by atomic mass is 35.5. The molecule has 1 heterocycles. The molecular formula is C12H19ClN2. The van der Waals surface area contributed by atoms with Crippen LogP contribution in [0.5, 0.6) is 0 Å². The van der Waals surface area contributed by atoms with Crippen molar-refractivity contribution < 1.29 is 0 Å². The summed E-state index contributed by atoms with van der Waals surface area (Å²) in [6, 6.07) is 4.03. The third-order valence-corrected chi connectivity index (χ3v) is 2.59. The maximum absolute atomic E-state index is 6.14. The predicted molar refractivity (Wildman–Crippen MR) is 65.1 cm³/mol. The fraction of sp³-hybridized carbons (Fsp3) is 0.583. The van der Waals surface area contributed by atoms with Crippen molar-refractivity contribution in [1.29, 1.82) is 0 Å². The molecule has 1 rings (SSSR count). The van der Waals surface area contributed by atoms with Gasteiger partial charge in [-0.15, -0.1) is 0 Å². The molecule has 0 aliphatic rings. The number of hydrogen-bond acceptors (Lipinski definition) is 2. The van der Waals surface area contributed by atoms with Gasteiger partial charge in [0, 0.05) is 6.20 Å². The van der Waals surface area contributed by atoms with Crippen molar-refractivity contribution >= 4 is 11.6 Å². The smallest absolute Gasteiger partial charge is 0.0759 e. The Morgan fingerprint density at radius 1 is 1.47 bits per heavy atom. The Balaban J connectivity index is 2.83. The van der Waals surface area contributed by atoms with Gasteiger partial charge in [0.1, 0.15) is 0 Å². The van der Waals surface area contributed by atoms with Crippen LogP contribution in [0, 0.1) is 5.92 Å².